The van der Waals surface area contributed by atoms with E-state index in [2.05, 4.69) is 41.2 Å². The maximum atomic E-state index is 4.27. The minimum absolute atomic E-state index is 0. The van der Waals surface area contributed by atoms with Crippen LogP contribution in [0.3, 0.4) is 0 Å². The van der Waals surface area contributed by atoms with Crippen LogP contribution < -0.4 is 0 Å². The van der Waals surface area contributed by atoms with Crippen LogP contribution in [0, 0.1) is 0 Å². The molecule has 0 radical (unpaired) electrons. The minimum atomic E-state index is -0.0959. The van der Waals surface area contributed by atoms with Gasteiger partial charge in [0.05, 0.1) is 0 Å². The average Bonchev–Trinajstić information content (AvgIpc) is 2.56. The van der Waals surface area contributed by atoms with E-state index in [1.54, 1.807) is 65.1 Å². The Labute approximate surface area is 192 Å². The van der Waals surface area contributed by atoms with E-state index in [4.69, 9.17) is 0 Å². The van der Waals surface area contributed by atoms with Crippen LogP contribution in [0.5, 0.6) is 0 Å². The molecule has 8 nitrogen and oxygen atoms in total. The molecule has 0 bridgehead atoms. The summed E-state index contributed by atoms with van der Waals surface area (Å²) in [5.74, 6) is 1.11. The minimum Gasteiger partial charge on any atom is -0.668 e. The van der Waals surface area contributed by atoms with E-state index >= 15 is 0 Å². The van der Waals surface area contributed by atoms with Gasteiger partial charge in [-0.1, -0.05) is 53.7 Å². The number of hydrogen-bond acceptors (Lipinski definition) is 4. The van der Waals surface area contributed by atoms with Crippen molar-refractivity contribution in [3.8, 4) is 0 Å². The second-order valence-electron chi connectivity index (χ2n) is 7.56. The average molecular weight is 436 g/mol. The number of aromatic nitrogens is 4. The standard InChI is InChI=1S/2C8H12N3.2C2H6N.Ti/c2*1-8(2,3)11-7-9-5-4-6-10-7;2*1-3-2;/h2*4-6H,1-3H3;2*1-2H3;/q4*-1;+4. The van der Waals surface area contributed by atoms with Gasteiger partial charge < -0.3 is 41.2 Å². The van der Waals surface area contributed by atoms with Crippen LogP contribution in [0.25, 0.3) is 21.3 Å². The fourth-order valence-corrected chi connectivity index (χ4v) is 1.30. The fourth-order valence-electron chi connectivity index (χ4n) is 1.30. The van der Waals surface area contributed by atoms with Crippen LogP contribution in [-0.4, -0.2) is 59.2 Å². The van der Waals surface area contributed by atoms with Gasteiger partial charge in [0.2, 0.25) is 0 Å². The third-order valence-electron chi connectivity index (χ3n) is 1.98. The van der Waals surface area contributed by atoms with Crippen molar-refractivity contribution in [1.29, 1.82) is 0 Å². The zero-order chi connectivity index (χ0) is 22.1. The summed E-state index contributed by atoms with van der Waals surface area (Å²) in [6, 6.07) is 3.56. The molecule has 0 aliphatic rings. The Morgan fingerprint density at radius 1 is 0.552 bits per heavy atom. The van der Waals surface area contributed by atoms with E-state index in [9.17, 15) is 0 Å². The second kappa shape index (κ2) is 18.4. The van der Waals surface area contributed by atoms with Gasteiger partial charge in [-0.2, -0.15) is 28.2 Å². The van der Waals surface area contributed by atoms with Crippen LogP contribution in [0.4, 0.5) is 11.9 Å². The van der Waals surface area contributed by atoms with E-state index in [1.807, 2.05) is 41.5 Å². The molecule has 2 rings (SSSR count). The Balaban J connectivity index is -0.000000358. The van der Waals surface area contributed by atoms with Crippen molar-refractivity contribution in [2.75, 3.05) is 28.2 Å². The summed E-state index contributed by atoms with van der Waals surface area (Å²) in [4.78, 5) is 15.9. The Hall–Kier alpha value is -1.61. The zero-order valence-electron chi connectivity index (χ0n) is 19.5. The quantitative estimate of drug-likeness (QED) is 0.555. The van der Waals surface area contributed by atoms with Crippen molar-refractivity contribution in [3.63, 3.8) is 0 Å². The number of rotatable bonds is 2. The number of hydrogen-bond donors (Lipinski definition) is 0. The molecule has 0 saturated carbocycles. The third-order valence-corrected chi connectivity index (χ3v) is 1.98. The van der Waals surface area contributed by atoms with Crippen molar-refractivity contribution in [2.24, 2.45) is 0 Å². The molecule has 0 aliphatic heterocycles. The molecule has 0 amide bonds. The maximum Gasteiger partial charge on any atom is 4.00 e. The molecule has 160 valence electrons. The summed E-state index contributed by atoms with van der Waals surface area (Å²) in [6.07, 6.45) is 6.77. The van der Waals surface area contributed by atoms with Gasteiger partial charge in [-0.15, -0.1) is 0 Å². The molecule has 0 atom stereocenters. The molecule has 0 spiro atoms. The molecule has 0 saturated heterocycles. The Morgan fingerprint density at radius 2 is 0.759 bits per heavy atom. The molecule has 0 aliphatic carbocycles. The molecule has 0 N–H and O–H groups in total. The molecular weight excluding hydrogens is 400 g/mol. The molecule has 29 heavy (non-hydrogen) atoms. The summed E-state index contributed by atoms with van der Waals surface area (Å²) < 4.78 is 0. The summed E-state index contributed by atoms with van der Waals surface area (Å²) in [5, 5.41) is 15.5. The van der Waals surface area contributed by atoms with E-state index in [0.717, 1.165) is 0 Å². The van der Waals surface area contributed by atoms with Crippen LogP contribution >= 0.6 is 0 Å². The normalized spacial score (nSPS) is 9.72. The van der Waals surface area contributed by atoms with E-state index < -0.39 is 0 Å². The topological polar surface area (TPSA) is 108 Å². The first-order valence-corrected chi connectivity index (χ1v) is 8.94. The van der Waals surface area contributed by atoms with Gasteiger partial charge in [0.15, 0.2) is 0 Å². The van der Waals surface area contributed by atoms with Crippen LogP contribution in [-0.2, 0) is 21.7 Å². The first-order valence-electron chi connectivity index (χ1n) is 8.94. The second-order valence-corrected chi connectivity index (χ2v) is 7.56. The van der Waals surface area contributed by atoms with Crippen molar-refractivity contribution < 1.29 is 21.7 Å². The van der Waals surface area contributed by atoms with Gasteiger partial charge in [0.25, 0.3) is 0 Å². The SMILES string of the molecule is CC(C)(C)[N-]c1ncccn1.CC(C)(C)[N-]c1ncccn1.C[N-]C.C[N-]C.[Ti+4]. The van der Waals surface area contributed by atoms with Crippen molar-refractivity contribution in [3.05, 3.63) is 58.2 Å². The van der Waals surface area contributed by atoms with Crippen molar-refractivity contribution >= 4 is 11.9 Å². The largest absolute Gasteiger partial charge is 4.00 e. The van der Waals surface area contributed by atoms with E-state index in [1.165, 1.54) is 0 Å². The Morgan fingerprint density at radius 3 is 0.931 bits per heavy atom. The first-order chi connectivity index (χ1) is 13.0. The van der Waals surface area contributed by atoms with Gasteiger partial charge in [-0.05, 0) is 35.9 Å². The van der Waals surface area contributed by atoms with Gasteiger partial charge in [0.1, 0.15) is 0 Å². The smallest absolute Gasteiger partial charge is 0.668 e. The molecular formula is C20H36N8Ti. The Bertz CT molecular complexity index is 515. The number of nitrogens with zero attached hydrogens (tertiary/aromatic N) is 8. The molecule has 2 aromatic rings. The molecule has 0 unspecified atom stereocenters. The van der Waals surface area contributed by atoms with Crippen LogP contribution in [0.15, 0.2) is 36.9 Å². The predicted octanol–water partition coefficient (Wildman–Crippen LogP) is 5.80. The van der Waals surface area contributed by atoms with Crippen molar-refractivity contribution in [1.82, 2.24) is 19.9 Å². The Kier molecular flexibility index (Phi) is 20.4. The van der Waals surface area contributed by atoms with Gasteiger partial charge in [-0.25, -0.2) is 0 Å². The van der Waals surface area contributed by atoms with E-state index in [-0.39, 0.29) is 32.8 Å². The summed E-state index contributed by atoms with van der Waals surface area (Å²) in [7, 11) is 7.00. The third kappa shape index (κ3) is 26.4. The van der Waals surface area contributed by atoms with Gasteiger partial charge in [0, 0.05) is 11.9 Å². The molecule has 2 aromatic heterocycles. The molecule has 2 heterocycles. The molecule has 9 heteroatoms. The van der Waals surface area contributed by atoms with Gasteiger partial charge in [-0.3, -0.25) is 0 Å². The summed E-state index contributed by atoms with van der Waals surface area (Å²) in [6.45, 7) is 12.1. The summed E-state index contributed by atoms with van der Waals surface area (Å²) in [5.41, 5.74) is -0.192. The summed E-state index contributed by atoms with van der Waals surface area (Å²) >= 11 is 0. The van der Waals surface area contributed by atoms with Crippen LogP contribution in [0.1, 0.15) is 41.5 Å². The van der Waals surface area contributed by atoms with E-state index in [0.29, 0.717) is 11.9 Å². The predicted molar refractivity (Wildman–Crippen MR) is 120 cm³/mol. The van der Waals surface area contributed by atoms with Crippen LogP contribution in [0.2, 0.25) is 0 Å². The monoisotopic (exact) mass is 436 g/mol. The maximum absolute atomic E-state index is 4.27. The molecule has 0 aromatic carbocycles. The first kappa shape index (κ1) is 32.1. The fraction of sp³-hybridized carbons (Fsp3) is 0.600. The van der Waals surface area contributed by atoms with Gasteiger partial charge >= 0.3 is 21.7 Å². The van der Waals surface area contributed by atoms with Crippen molar-refractivity contribution in [2.45, 2.75) is 52.6 Å². The zero-order valence-corrected chi connectivity index (χ0v) is 21.1. The molecule has 0 fully saturated rings.